The maximum absolute atomic E-state index is 15.0. The van der Waals surface area contributed by atoms with Gasteiger partial charge in [0.2, 0.25) is 5.60 Å². The molecular weight excluding hydrogens is 789 g/mol. The van der Waals surface area contributed by atoms with Gasteiger partial charge >= 0.3 is 12.4 Å². The number of para-hydroxylation sites is 1. The van der Waals surface area contributed by atoms with Crippen LogP contribution < -0.4 is 9.47 Å². The first-order valence-corrected chi connectivity index (χ1v) is 20.6. The molecule has 4 heterocycles. The SMILES string of the molecule is C=C(O)C1(CC[C@H](C)Oc2ccccc2C2(O)CCN(C(=O)[C@]3(Oc4csc(C(F)(F)F)c4)CCCN(C(=O)c4ncccc4C(F)(F)F)[C@@H]3CCC)CC2)CCC1. The Balaban J connectivity index is 1.27. The Morgan fingerprint density at radius 3 is 2.31 bits per heavy atom. The number of likely N-dealkylation sites (tertiary alicyclic amines) is 2. The van der Waals surface area contributed by atoms with Crippen molar-refractivity contribution in [3.63, 3.8) is 0 Å². The number of aliphatic hydroxyl groups excluding tert-OH is 1. The topological polar surface area (TPSA) is 112 Å². The van der Waals surface area contributed by atoms with Gasteiger partial charge in [-0.2, -0.15) is 26.3 Å². The number of benzene rings is 1. The summed E-state index contributed by atoms with van der Waals surface area (Å²) >= 11 is 0.376. The lowest BCUT2D eigenvalue weighted by Crippen LogP contribution is -2.68. The molecule has 316 valence electrons. The molecule has 3 fully saturated rings. The molecule has 0 radical (unpaired) electrons. The maximum Gasteiger partial charge on any atom is 0.425 e. The molecule has 2 saturated heterocycles. The number of alkyl halides is 6. The predicted molar refractivity (Wildman–Crippen MR) is 204 cm³/mol. The van der Waals surface area contributed by atoms with Gasteiger partial charge in [-0.3, -0.25) is 14.6 Å². The third-order valence-electron chi connectivity index (χ3n) is 12.1. The minimum atomic E-state index is -4.91. The normalized spacial score (nSPS) is 22.5. The number of hydrogen-bond acceptors (Lipinski definition) is 8. The average molecular weight is 838 g/mol. The molecule has 1 aliphatic carbocycles. The fourth-order valence-corrected chi connectivity index (χ4v) is 9.36. The first-order valence-electron chi connectivity index (χ1n) is 19.7. The summed E-state index contributed by atoms with van der Waals surface area (Å²) in [4.78, 5) is 34.5. The van der Waals surface area contributed by atoms with Gasteiger partial charge < -0.3 is 29.5 Å². The standard InChI is InChI=1S/C42H49F6N3O6S/c1-4-10-33-40(57-29-25-34(58-26-29)42(46,47)48,17-9-22-51(33)36(53)35-31(41(43,44)45)12-7-21-49-35)37(54)50-23-19-39(55,20-24-50)30-11-5-6-13-32(30)56-27(2)14-18-38(28(3)52)15-8-16-38/h5-7,11-13,21,25-27,33,52,55H,3-4,8-10,14-20,22-24H2,1-2H3/t27-,33+,40-/m0/s1. The summed E-state index contributed by atoms with van der Waals surface area (Å²) in [5, 5.41) is 23.4. The monoisotopic (exact) mass is 837 g/mol. The Morgan fingerprint density at radius 1 is 1.00 bits per heavy atom. The lowest BCUT2D eigenvalue weighted by Gasteiger charge is -2.51. The first-order chi connectivity index (χ1) is 27.3. The maximum atomic E-state index is 15.0. The number of ether oxygens (including phenoxy) is 2. The number of carbonyl (C=O) groups excluding carboxylic acids is 2. The van der Waals surface area contributed by atoms with Crippen molar-refractivity contribution in [2.75, 3.05) is 19.6 Å². The molecule has 0 bridgehead atoms. The van der Waals surface area contributed by atoms with E-state index in [1.807, 2.05) is 6.92 Å². The van der Waals surface area contributed by atoms with Crippen LogP contribution in [0, 0.1) is 5.41 Å². The predicted octanol–water partition coefficient (Wildman–Crippen LogP) is 9.70. The van der Waals surface area contributed by atoms with Crippen LogP contribution in [-0.2, 0) is 22.7 Å². The molecule has 3 atom stereocenters. The van der Waals surface area contributed by atoms with E-state index >= 15 is 4.79 Å². The van der Waals surface area contributed by atoms with Crippen molar-refractivity contribution in [3.05, 3.63) is 88.1 Å². The molecule has 3 aliphatic rings. The van der Waals surface area contributed by atoms with Crippen LogP contribution in [0.1, 0.15) is 111 Å². The van der Waals surface area contributed by atoms with Gasteiger partial charge in [-0.1, -0.05) is 44.5 Å². The van der Waals surface area contributed by atoms with Crippen LogP contribution in [0.3, 0.4) is 0 Å². The van der Waals surface area contributed by atoms with Gasteiger partial charge in [0.1, 0.15) is 22.1 Å². The summed E-state index contributed by atoms with van der Waals surface area (Å²) in [7, 11) is 0. The number of nitrogens with zero attached hydrogens (tertiary/aromatic N) is 3. The van der Waals surface area contributed by atoms with Crippen molar-refractivity contribution in [1.29, 1.82) is 0 Å². The number of piperidine rings is 2. The Hall–Kier alpha value is -4.31. The van der Waals surface area contributed by atoms with Crippen LogP contribution in [-0.4, -0.2) is 74.2 Å². The van der Waals surface area contributed by atoms with E-state index < -0.39 is 57.5 Å². The number of halogens is 6. The van der Waals surface area contributed by atoms with Crippen LogP contribution in [0.2, 0.25) is 0 Å². The summed E-state index contributed by atoms with van der Waals surface area (Å²) in [5.41, 5.74) is -5.30. The number of rotatable bonds is 13. The zero-order valence-corrected chi connectivity index (χ0v) is 33.3. The third kappa shape index (κ3) is 8.68. The molecule has 16 heteroatoms. The number of pyridine rings is 1. The highest BCUT2D eigenvalue weighted by Crippen LogP contribution is 2.50. The molecule has 1 saturated carbocycles. The highest BCUT2D eigenvalue weighted by atomic mass is 32.1. The summed E-state index contributed by atoms with van der Waals surface area (Å²) in [6.07, 6.45) is -4.11. The van der Waals surface area contributed by atoms with Crippen molar-refractivity contribution >= 4 is 23.2 Å². The van der Waals surface area contributed by atoms with Gasteiger partial charge in [0, 0.05) is 54.7 Å². The highest BCUT2D eigenvalue weighted by Gasteiger charge is 2.57. The fourth-order valence-electron chi connectivity index (χ4n) is 8.69. The molecule has 1 aromatic carbocycles. The summed E-state index contributed by atoms with van der Waals surface area (Å²) in [5.74, 6) is -1.31. The lowest BCUT2D eigenvalue weighted by molar-refractivity contribution is -0.163. The molecule has 2 aliphatic heterocycles. The number of hydrogen-bond donors (Lipinski definition) is 2. The highest BCUT2D eigenvalue weighted by molar-refractivity contribution is 7.10. The van der Waals surface area contributed by atoms with E-state index in [1.165, 1.54) is 4.90 Å². The average Bonchev–Trinajstić information content (AvgIpc) is 3.64. The fraction of sp³-hybridized carbons (Fsp3) is 0.548. The number of amides is 2. The van der Waals surface area contributed by atoms with Crippen molar-refractivity contribution in [1.82, 2.24) is 14.8 Å². The molecule has 0 spiro atoms. The van der Waals surface area contributed by atoms with E-state index in [2.05, 4.69) is 11.6 Å². The van der Waals surface area contributed by atoms with Gasteiger partial charge in [-0.25, -0.2) is 0 Å². The van der Waals surface area contributed by atoms with Crippen LogP contribution in [0.25, 0.3) is 0 Å². The molecule has 2 aromatic heterocycles. The second-order valence-electron chi connectivity index (χ2n) is 15.8. The first kappa shape index (κ1) is 43.3. The van der Waals surface area contributed by atoms with E-state index in [1.54, 1.807) is 31.2 Å². The summed E-state index contributed by atoms with van der Waals surface area (Å²) in [6, 6.07) is 8.50. The zero-order chi connectivity index (χ0) is 42.1. The van der Waals surface area contributed by atoms with Crippen molar-refractivity contribution in [3.8, 4) is 11.5 Å². The van der Waals surface area contributed by atoms with Gasteiger partial charge in [0.25, 0.3) is 11.8 Å². The Labute approximate surface area is 337 Å². The van der Waals surface area contributed by atoms with Crippen molar-refractivity contribution in [2.45, 2.75) is 120 Å². The smallest absolute Gasteiger partial charge is 0.425 e. The van der Waals surface area contributed by atoms with Crippen LogP contribution >= 0.6 is 11.3 Å². The van der Waals surface area contributed by atoms with Gasteiger partial charge in [-0.15, -0.1) is 11.3 Å². The molecule has 2 amide bonds. The quantitative estimate of drug-likeness (QED) is 0.130. The Morgan fingerprint density at radius 2 is 1.71 bits per heavy atom. The largest absolute Gasteiger partial charge is 0.512 e. The van der Waals surface area contributed by atoms with Gasteiger partial charge in [0.15, 0.2) is 0 Å². The lowest BCUT2D eigenvalue weighted by atomic mass is 9.65. The molecule has 6 rings (SSSR count). The molecular formula is C42H49F6N3O6S. The number of aliphatic hydroxyl groups is 2. The zero-order valence-electron chi connectivity index (χ0n) is 32.5. The van der Waals surface area contributed by atoms with Crippen molar-refractivity contribution < 1.29 is 55.6 Å². The summed E-state index contributed by atoms with van der Waals surface area (Å²) in [6.45, 7) is 7.40. The number of allylic oxidation sites excluding steroid dienone is 1. The molecule has 9 nitrogen and oxygen atoms in total. The Bertz CT molecular complexity index is 1960. The van der Waals surface area contributed by atoms with E-state index in [4.69, 9.17) is 9.47 Å². The van der Waals surface area contributed by atoms with Crippen LogP contribution in [0.5, 0.6) is 11.5 Å². The molecule has 58 heavy (non-hydrogen) atoms. The third-order valence-corrected chi connectivity index (χ3v) is 13.0. The van der Waals surface area contributed by atoms with E-state index in [0.29, 0.717) is 41.9 Å². The molecule has 3 aromatic rings. The second kappa shape index (κ2) is 16.7. The van der Waals surface area contributed by atoms with E-state index in [0.717, 1.165) is 53.9 Å². The number of carbonyl (C=O) groups is 2. The minimum Gasteiger partial charge on any atom is -0.512 e. The summed E-state index contributed by atoms with van der Waals surface area (Å²) < 4.78 is 96.2. The minimum absolute atomic E-state index is 0.00580. The second-order valence-corrected chi connectivity index (χ2v) is 16.7. The number of thiophene rings is 1. The van der Waals surface area contributed by atoms with Gasteiger partial charge in [-0.05, 0) is 76.5 Å². The van der Waals surface area contributed by atoms with E-state index in [-0.39, 0.29) is 74.8 Å². The van der Waals surface area contributed by atoms with Crippen molar-refractivity contribution in [2.24, 2.45) is 5.41 Å². The number of aromatic nitrogens is 1. The van der Waals surface area contributed by atoms with Crippen LogP contribution in [0.4, 0.5) is 26.3 Å². The molecule has 2 N–H and O–H groups in total. The molecule has 0 unspecified atom stereocenters. The van der Waals surface area contributed by atoms with Gasteiger partial charge in [0.05, 0.1) is 29.1 Å². The van der Waals surface area contributed by atoms with Crippen LogP contribution in [0.15, 0.2) is 66.4 Å². The van der Waals surface area contributed by atoms with E-state index in [9.17, 15) is 41.4 Å². The Kier molecular flexibility index (Phi) is 12.5.